The predicted molar refractivity (Wildman–Crippen MR) is 173 cm³/mol. The molecule has 0 fully saturated rings. The molecule has 15 nitrogen and oxygen atoms in total. The van der Waals surface area contributed by atoms with Crippen molar-refractivity contribution in [1.29, 1.82) is 0 Å². The van der Waals surface area contributed by atoms with Crippen molar-refractivity contribution in [2.45, 2.75) is 58.4 Å². The molecule has 0 aliphatic rings. The Bertz CT molecular complexity index is 774. The minimum atomic E-state index is -1.41. The highest BCUT2D eigenvalue weighted by atomic mass is 16.9. The van der Waals surface area contributed by atoms with Gasteiger partial charge in [0, 0.05) is 24.6 Å². The van der Waals surface area contributed by atoms with E-state index in [1.165, 1.54) is 0 Å². The number of carbonyl (C=O) groups excluding carboxylic acids is 3. The number of esters is 3. The van der Waals surface area contributed by atoms with Crippen LogP contribution in [-0.2, 0) is 71.2 Å². The van der Waals surface area contributed by atoms with Crippen LogP contribution in [0.5, 0.6) is 0 Å². The van der Waals surface area contributed by atoms with Gasteiger partial charge in [-0.1, -0.05) is 26.7 Å². The van der Waals surface area contributed by atoms with Crippen LogP contribution in [0.15, 0.2) is 38.0 Å². The van der Waals surface area contributed by atoms with Gasteiger partial charge in [-0.25, -0.2) is 14.4 Å². The molecule has 0 heterocycles. The molecule has 0 aromatic heterocycles. The first-order chi connectivity index (χ1) is 23.1. The molecule has 0 rings (SSSR count). The Balaban J connectivity index is 4.75. The van der Waals surface area contributed by atoms with E-state index in [-0.39, 0.29) is 77.8 Å². The van der Waals surface area contributed by atoms with Gasteiger partial charge in [-0.05, 0) is 20.8 Å². The third kappa shape index (κ3) is 26.3. The minimum Gasteiger partial charge on any atom is -0.460 e. The highest BCUT2D eigenvalue weighted by Crippen LogP contribution is 2.22. The second-order valence-electron chi connectivity index (χ2n) is 9.97. The summed E-state index contributed by atoms with van der Waals surface area (Å²) in [7, 11) is 0. The molecular weight excluding hydrogens is 636 g/mol. The molecule has 0 saturated carbocycles. The fraction of sp³-hybridized carbons (Fsp3) is 0.727. The number of carbonyl (C=O) groups is 3. The molecule has 0 bridgehead atoms. The second-order valence-corrected chi connectivity index (χ2v) is 9.97. The van der Waals surface area contributed by atoms with Gasteiger partial charge in [-0.3, -0.25) is 0 Å². The van der Waals surface area contributed by atoms with Crippen molar-refractivity contribution in [3.63, 3.8) is 0 Å². The average Bonchev–Trinajstić information content (AvgIpc) is 3.09. The third-order valence-electron chi connectivity index (χ3n) is 5.85. The Morgan fingerprint density at radius 2 is 0.771 bits per heavy atom. The minimum absolute atomic E-state index is 0.127. The Hall–Kier alpha value is -2.73. The molecule has 3 unspecified atom stereocenters. The van der Waals surface area contributed by atoms with Crippen LogP contribution in [0.2, 0.25) is 0 Å². The standard InChI is InChI=1S/C33H56O15/c1-8-30(34)43-21-15-37-12-18-40-27(5)24-46-33(11-4,47-25-28(6)41-19-13-38-16-22-44-31(35)9-2)48-26-29(7)42-20-14-39-17-23-45-32(36)10-3/h8-10,27-29H,1-3,11-26H2,4-7H3. The van der Waals surface area contributed by atoms with Gasteiger partial charge in [0.2, 0.25) is 0 Å². The van der Waals surface area contributed by atoms with Crippen molar-refractivity contribution >= 4 is 17.9 Å². The summed E-state index contributed by atoms with van der Waals surface area (Å²) in [5.74, 6) is -2.92. The lowest BCUT2D eigenvalue weighted by Crippen LogP contribution is -2.44. The first-order valence-corrected chi connectivity index (χ1v) is 16.0. The maximum Gasteiger partial charge on any atom is 0.330 e. The lowest BCUT2D eigenvalue weighted by Gasteiger charge is -2.35. The molecule has 0 aromatic carbocycles. The molecule has 48 heavy (non-hydrogen) atoms. The van der Waals surface area contributed by atoms with Crippen molar-refractivity contribution in [3.8, 4) is 0 Å². The van der Waals surface area contributed by atoms with Crippen molar-refractivity contribution in [2.24, 2.45) is 0 Å². The number of rotatable bonds is 34. The Morgan fingerprint density at radius 1 is 0.500 bits per heavy atom. The Kier molecular flexibility index (Phi) is 28.6. The fourth-order valence-corrected chi connectivity index (χ4v) is 3.32. The zero-order valence-corrected chi connectivity index (χ0v) is 29.0. The summed E-state index contributed by atoms with van der Waals surface area (Å²) in [6.45, 7) is 20.8. The van der Waals surface area contributed by atoms with Crippen molar-refractivity contribution in [1.82, 2.24) is 0 Å². The van der Waals surface area contributed by atoms with Crippen LogP contribution in [0.1, 0.15) is 34.1 Å². The van der Waals surface area contributed by atoms with E-state index in [2.05, 4.69) is 19.7 Å². The maximum atomic E-state index is 11.1. The van der Waals surface area contributed by atoms with Crippen LogP contribution in [0, 0.1) is 0 Å². The van der Waals surface area contributed by atoms with E-state index in [1.807, 2.05) is 27.7 Å². The molecule has 0 aromatic rings. The van der Waals surface area contributed by atoms with Gasteiger partial charge in [0.25, 0.3) is 5.97 Å². The molecule has 3 atom stereocenters. The largest absolute Gasteiger partial charge is 0.460 e. The molecule has 278 valence electrons. The van der Waals surface area contributed by atoms with Crippen LogP contribution in [-0.4, -0.2) is 141 Å². The zero-order valence-electron chi connectivity index (χ0n) is 29.0. The van der Waals surface area contributed by atoms with Crippen molar-refractivity contribution < 1.29 is 71.2 Å². The number of hydrogen-bond acceptors (Lipinski definition) is 15. The van der Waals surface area contributed by atoms with E-state index in [0.717, 1.165) is 18.2 Å². The summed E-state index contributed by atoms with van der Waals surface area (Å²) in [5.41, 5.74) is 0. The van der Waals surface area contributed by atoms with Gasteiger partial charge in [0.15, 0.2) is 0 Å². The van der Waals surface area contributed by atoms with Gasteiger partial charge in [-0.15, -0.1) is 0 Å². The van der Waals surface area contributed by atoms with Gasteiger partial charge >= 0.3 is 17.9 Å². The molecule has 0 aliphatic carbocycles. The smallest absolute Gasteiger partial charge is 0.330 e. The van der Waals surface area contributed by atoms with Crippen LogP contribution in [0.3, 0.4) is 0 Å². The highest BCUT2D eigenvalue weighted by Gasteiger charge is 2.34. The molecule has 0 radical (unpaired) electrons. The van der Waals surface area contributed by atoms with E-state index >= 15 is 0 Å². The van der Waals surface area contributed by atoms with Gasteiger partial charge in [0.1, 0.15) is 19.8 Å². The zero-order chi connectivity index (χ0) is 35.9. The van der Waals surface area contributed by atoms with Gasteiger partial charge in [0.05, 0.1) is 97.6 Å². The van der Waals surface area contributed by atoms with Crippen molar-refractivity contribution in [3.05, 3.63) is 38.0 Å². The van der Waals surface area contributed by atoms with E-state index in [9.17, 15) is 14.4 Å². The first-order valence-electron chi connectivity index (χ1n) is 16.0. The molecule has 0 amide bonds. The van der Waals surface area contributed by atoms with Crippen molar-refractivity contribution in [2.75, 3.05) is 99.1 Å². The lowest BCUT2D eigenvalue weighted by atomic mass is 10.3. The van der Waals surface area contributed by atoms with Gasteiger partial charge in [-0.2, -0.15) is 0 Å². The van der Waals surface area contributed by atoms with Crippen LogP contribution < -0.4 is 0 Å². The maximum absolute atomic E-state index is 11.1. The monoisotopic (exact) mass is 692 g/mol. The summed E-state index contributed by atoms with van der Waals surface area (Å²) in [4.78, 5) is 33.2. The molecule has 0 aliphatic heterocycles. The third-order valence-corrected chi connectivity index (χ3v) is 5.85. The van der Waals surface area contributed by atoms with E-state index in [0.29, 0.717) is 46.1 Å². The van der Waals surface area contributed by atoms with Crippen LogP contribution in [0.4, 0.5) is 0 Å². The van der Waals surface area contributed by atoms with E-state index in [4.69, 9.17) is 56.8 Å². The lowest BCUT2D eigenvalue weighted by molar-refractivity contribution is -0.393. The summed E-state index contributed by atoms with van der Waals surface area (Å²) >= 11 is 0. The van der Waals surface area contributed by atoms with Crippen LogP contribution in [0.25, 0.3) is 0 Å². The second kappa shape index (κ2) is 30.3. The van der Waals surface area contributed by atoms with Crippen LogP contribution >= 0.6 is 0 Å². The number of hydrogen-bond donors (Lipinski definition) is 0. The molecule has 0 N–H and O–H groups in total. The van der Waals surface area contributed by atoms with E-state index < -0.39 is 23.9 Å². The highest BCUT2D eigenvalue weighted by molar-refractivity contribution is 5.81. The molecule has 0 spiro atoms. The SMILES string of the molecule is C=CC(=O)OCCOCCOC(C)COC(CC)(OCC(C)OCCOCCOC(=O)C=C)OCC(C)OCCOCCOC(=O)C=C. The average molecular weight is 693 g/mol. The molecule has 0 saturated heterocycles. The normalized spacial score (nSPS) is 14.2. The molecular formula is C33H56O15. The fourth-order valence-electron chi connectivity index (χ4n) is 3.32. The Morgan fingerprint density at radius 3 is 1.02 bits per heavy atom. The summed E-state index contributed by atoms with van der Waals surface area (Å²) in [6.07, 6.45) is 2.66. The topological polar surface area (TPSA) is 162 Å². The summed E-state index contributed by atoms with van der Waals surface area (Å²) < 4.78 is 66.5. The Labute approximate surface area is 284 Å². The number of ether oxygens (including phenoxy) is 12. The first kappa shape index (κ1) is 45.3. The summed E-state index contributed by atoms with van der Waals surface area (Å²) in [6, 6.07) is 0. The quantitative estimate of drug-likeness (QED) is 0.0318. The predicted octanol–water partition coefficient (Wildman–Crippen LogP) is 2.55. The van der Waals surface area contributed by atoms with Gasteiger partial charge < -0.3 is 56.8 Å². The van der Waals surface area contributed by atoms with E-state index in [1.54, 1.807) is 0 Å². The molecule has 15 heteroatoms. The summed E-state index contributed by atoms with van der Waals surface area (Å²) in [5, 5.41) is 0.